The standard InChI is InChI=1S/C25H41NO2/c27-24(20-9-3-4-10-20)12-11-22-23-17-19(16-21(23)18-25(22)28)8-2-1-5-13-26-14-6-7-15-26/h8,11-12,20-25,27-28H,1-7,9-10,13-18H2/t21-,22+,23-,24+,25+/m0/s1. The van der Waals surface area contributed by atoms with Crippen LogP contribution in [0.5, 0.6) is 0 Å². The second-order valence-electron chi connectivity index (χ2n) is 10.0. The lowest BCUT2D eigenvalue weighted by atomic mass is 9.89. The summed E-state index contributed by atoms with van der Waals surface area (Å²) in [6.45, 7) is 3.92. The molecule has 0 radical (unpaired) electrons. The van der Waals surface area contributed by atoms with Crippen molar-refractivity contribution in [1.29, 1.82) is 0 Å². The van der Waals surface area contributed by atoms with Crippen LogP contribution in [0.1, 0.15) is 77.0 Å². The first-order valence-corrected chi connectivity index (χ1v) is 12.2. The molecule has 3 aliphatic carbocycles. The maximum atomic E-state index is 10.6. The van der Waals surface area contributed by atoms with E-state index < -0.39 is 0 Å². The van der Waals surface area contributed by atoms with Crippen molar-refractivity contribution in [2.75, 3.05) is 19.6 Å². The molecule has 2 N–H and O–H groups in total. The Bertz CT molecular complexity index is 545. The molecule has 0 amide bonds. The van der Waals surface area contributed by atoms with Crippen LogP contribution in [0.4, 0.5) is 0 Å². The van der Waals surface area contributed by atoms with Crippen LogP contribution in [0.3, 0.4) is 0 Å². The summed E-state index contributed by atoms with van der Waals surface area (Å²) in [5.41, 5.74) is 1.64. The van der Waals surface area contributed by atoms with Gasteiger partial charge in [0.15, 0.2) is 0 Å². The van der Waals surface area contributed by atoms with Crippen LogP contribution in [0, 0.1) is 23.7 Å². The molecule has 0 aromatic carbocycles. The number of hydrogen-bond donors (Lipinski definition) is 2. The fourth-order valence-corrected chi connectivity index (χ4v) is 6.43. The fourth-order valence-electron chi connectivity index (χ4n) is 6.43. The molecule has 0 spiro atoms. The van der Waals surface area contributed by atoms with E-state index in [0.717, 1.165) is 19.3 Å². The molecule has 1 heterocycles. The molecule has 3 nitrogen and oxygen atoms in total. The molecule has 158 valence electrons. The van der Waals surface area contributed by atoms with Gasteiger partial charge in [-0.2, -0.15) is 0 Å². The third-order valence-corrected chi connectivity index (χ3v) is 8.08. The van der Waals surface area contributed by atoms with Crippen molar-refractivity contribution < 1.29 is 10.2 Å². The molecule has 4 aliphatic rings. The molecular formula is C25H41NO2. The largest absolute Gasteiger partial charge is 0.392 e. The highest BCUT2D eigenvalue weighted by molar-refractivity contribution is 5.18. The van der Waals surface area contributed by atoms with Crippen LogP contribution in [-0.4, -0.2) is 47.0 Å². The minimum atomic E-state index is -0.305. The lowest BCUT2D eigenvalue weighted by molar-refractivity contribution is 0.135. The number of rotatable bonds is 8. The van der Waals surface area contributed by atoms with E-state index in [-0.39, 0.29) is 18.1 Å². The summed E-state index contributed by atoms with van der Waals surface area (Å²) in [4.78, 5) is 2.62. The molecule has 1 aliphatic heterocycles. The molecule has 0 bridgehead atoms. The Hall–Kier alpha value is -0.640. The summed E-state index contributed by atoms with van der Waals surface area (Å²) in [6, 6.07) is 0. The summed E-state index contributed by atoms with van der Waals surface area (Å²) in [5.74, 6) is 1.95. The van der Waals surface area contributed by atoms with Crippen molar-refractivity contribution in [1.82, 2.24) is 4.90 Å². The van der Waals surface area contributed by atoms with E-state index in [9.17, 15) is 10.2 Å². The van der Waals surface area contributed by atoms with E-state index in [2.05, 4.69) is 17.1 Å². The van der Waals surface area contributed by atoms with Crippen LogP contribution in [0.2, 0.25) is 0 Å². The van der Waals surface area contributed by atoms with Gasteiger partial charge in [-0.25, -0.2) is 0 Å². The molecule has 5 atom stereocenters. The van der Waals surface area contributed by atoms with Gasteiger partial charge in [0.1, 0.15) is 0 Å². The molecule has 4 fully saturated rings. The van der Waals surface area contributed by atoms with Gasteiger partial charge in [-0.1, -0.05) is 36.6 Å². The van der Waals surface area contributed by atoms with Crippen LogP contribution in [0.15, 0.2) is 23.8 Å². The second kappa shape index (κ2) is 9.91. The molecular weight excluding hydrogens is 346 g/mol. The van der Waals surface area contributed by atoms with Gasteiger partial charge in [-0.3, -0.25) is 0 Å². The monoisotopic (exact) mass is 387 g/mol. The number of hydrogen-bond acceptors (Lipinski definition) is 3. The lowest BCUT2D eigenvalue weighted by Gasteiger charge is -2.19. The van der Waals surface area contributed by atoms with E-state index >= 15 is 0 Å². The van der Waals surface area contributed by atoms with Gasteiger partial charge >= 0.3 is 0 Å². The van der Waals surface area contributed by atoms with E-state index in [1.807, 2.05) is 6.08 Å². The molecule has 1 saturated heterocycles. The van der Waals surface area contributed by atoms with Crippen LogP contribution in [0.25, 0.3) is 0 Å². The van der Waals surface area contributed by atoms with Gasteiger partial charge in [0.2, 0.25) is 0 Å². The summed E-state index contributed by atoms with van der Waals surface area (Å²) < 4.78 is 0. The molecule has 0 unspecified atom stereocenters. The Morgan fingerprint density at radius 1 is 1.04 bits per heavy atom. The Morgan fingerprint density at radius 2 is 1.82 bits per heavy atom. The number of nitrogens with zero attached hydrogens (tertiary/aromatic N) is 1. The van der Waals surface area contributed by atoms with Crippen LogP contribution in [-0.2, 0) is 0 Å². The Balaban J connectivity index is 1.22. The molecule has 0 aromatic heterocycles. The zero-order chi connectivity index (χ0) is 19.3. The number of unbranched alkanes of at least 4 members (excludes halogenated alkanes) is 2. The molecule has 28 heavy (non-hydrogen) atoms. The Kier molecular flexibility index (Phi) is 7.30. The summed E-state index contributed by atoms with van der Waals surface area (Å²) in [5, 5.41) is 21.0. The predicted molar refractivity (Wildman–Crippen MR) is 115 cm³/mol. The zero-order valence-electron chi connectivity index (χ0n) is 17.6. The first-order valence-electron chi connectivity index (χ1n) is 12.2. The highest BCUT2D eigenvalue weighted by atomic mass is 16.3. The summed E-state index contributed by atoms with van der Waals surface area (Å²) in [7, 11) is 0. The maximum Gasteiger partial charge on any atom is 0.0749 e. The average Bonchev–Trinajstić information content (AvgIpc) is 3.46. The van der Waals surface area contributed by atoms with E-state index in [1.54, 1.807) is 5.57 Å². The van der Waals surface area contributed by atoms with Crippen molar-refractivity contribution in [3.63, 3.8) is 0 Å². The van der Waals surface area contributed by atoms with Gasteiger partial charge in [0.25, 0.3) is 0 Å². The minimum absolute atomic E-state index is 0.205. The van der Waals surface area contributed by atoms with Gasteiger partial charge in [0, 0.05) is 5.92 Å². The maximum absolute atomic E-state index is 10.6. The van der Waals surface area contributed by atoms with Crippen molar-refractivity contribution in [3.05, 3.63) is 23.8 Å². The van der Waals surface area contributed by atoms with E-state index in [1.165, 1.54) is 77.4 Å². The number of allylic oxidation sites excluding steroid dienone is 2. The topological polar surface area (TPSA) is 43.7 Å². The van der Waals surface area contributed by atoms with E-state index in [0.29, 0.717) is 17.8 Å². The summed E-state index contributed by atoms with van der Waals surface area (Å²) >= 11 is 0. The van der Waals surface area contributed by atoms with Crippen molar-refractivity contribution in [2.45, 2.75) is 89.3 Å². The van der Waals surface area contributed by atoms with Crippen molar-refractivity contribution in [3.8, 4) is 0 Å². The lowest BCUT2D eigenvalue weighted by Crippen LogP contribution is -2.20. The van der Waals surface area contributed by atoms with Gasteiger partial charge < -0.3 is 15.1 Å². The van der Waals surface area contributed by atoms with Crippen LogP contribution >= 0.6 is 0 Å². The van der Waals surface area contributed by atoms with Crippen molar-refractivity contribution >= 4 is 0 Å². The fraction of sp³-hybridized carbons (Fsp3) is 0.840. The molecule has 3 saturated carbocycles. The molecule has 4 rings (SSSR count). The number of likely N-dealkylation sites (tertiary alicyclic amines) is 1. The number of aliphatic hydroxyl groups is 2. The third-order valence-electron chi connectivity index (χ3n) is 8.08. The number of aliphatic hydroxyl groups excluding tert-OH is 2. The minimum Gasteiger partial charge on any atom is -0.392 e. The van der Waals surface area contributed by atoms with Crippen molar-refractivity contribution in [2.24, 2.45) is 23.7 Å². The van der Waals surface area contributed by atoms with Crippen LogP contribution < -0.4 is 0 Å². The Labute approximate surface area is 171 Å². The smallest absolute Gasteiger partial charge is 0.0749 e. The highest BCUT2D eigenvalue weighted by Crippen LogP contribution is 2.50. The SMILES string of the molecule is O[C@H](C=C[C@@H]1[C@H]2CC(=CCCCCN3CCCC3)C[C@H]2C[C@H]1O)C1CCCC1. The van der Waals surface area contributed by atoms with Gasteiger partial charge in [0.05, 0.1) is 12.2 Å². The summed E-state index contributed by atoms with van der Waals surface area (Å²) in [6.07, 6.45) is 21.0. The predicted octanol–water partition coefficient (Wildman–Crippen LogP) is 4.69. The Morgan fingerprint density at radius 3 is 2.61 bits per heavy atom. The first-order chi connectivity index (χ1) is 13.7. The van der Waals surface area contributed by atoms with Gasteiger partial charge in [-0.15, -0.1) is 0 Å². The zero-order valence-corrected chi connectivity index (χ0v) is 17.6. The van der Waals surface area contributed by atoms with E-state index in [4.69, 9.17) is 0 Å². The quantitative estimate of drug-likeness (QED) is 0.469. The normalized spacial score (nSPS) is 36.9. The second-order valence-corrected chi connectivity index (χ2v) is 10.0. The molecule has 3 heteroatoms. The first kappa shape index (κ1) is 20.6. The average molecular weight is 388 g/mol. The molecule has 0 aromatic rings. The number of fused-ring (bicyclic) bond motifs is 1. The third kappa shape index (κ3) is 5.09. The highest BCUT2D eigenvalue weighted by Gasteiger charge is 2.45. The van der Waals surface area contributed by atoms with Gasteiger partial charge in [-0.05, 0) is 102 Å².